The Morgan fingerprint density at radius 3 is 2.89 bits per heavy atom. The molecule has 0 spiro atoms. The fourth-order valence-corrected chi connectivity index (χ4v) is 5.05. The molecule has 0 atom stereocenters. The van der Waals surface area contributed by atoms with Crippen LogP contribution in [-0.4, -0.2) is 25.8 Å². The average molecular weight is 393 g/mol. The summed E-state index contributed by atoms with van der Waals surface area (Å²) < 4.78 is 0. The number of nitrogens with one attached hydrogen (secondary N) is 3. The molecular formula is C20H19N5O2S. The summed E-state index contributed by atoms with van der Waals surface area (Å²) in [6.45, 7) is 0. The van der Waals surface area contributed by atoms with E-state index in [-0.39, 0.29) is 17.9 Å². The van der Waals surface area contributed by atoms with Crippen molar-refractivity contribution in [3.63, 3.8) is 0 Å². The van der Waals surface area contributed by atoms with E-state index in [1.807, 2.05) is 24.3 Å². The van der Waals surface area contributed by atoms with E-state index in [4.69, 9.17) is 0 Å². The number of nitrogens with zero attached hydrogens (tertiary/aromatic N) is 2. The summed E-state index contributed by atoms with van der Waals surface area (Å²) in [6.07, 6.45) is 4.88. The Balaban J connectivity index is 1.31. The van der Waals surface area contributed by atoms with Crippen molar-refractivity contribution >= 4 is 44.4 Å². The van der Waals surface area contributed by atoms with E-state index < -0.39 is 0 Å². The van der Waals surface area contributed by atoms with Crippen molar-refractivity contribution < 1.29 is 4.79 Å². The zero-order valence-electron chi connectivity index (χ0n) is 15.2. The van der Waals surface area contributed by atoms with Crippen molar-refractivity contribution in [2.24, 2.45) is 0 Å². The van der Waals surface area contributed by atoms with Crippen LogP contribution < -0.4 is 10.9 Å². The van der Waals surface area contributed by atoms with Crippen LogP contribution in [0.15, 0.2) is 29.1 Å². The molecule has 0 unspecified atom stereocenters. The fourth-order valence-electron chi connectivity index (χ4n) is 3.77. The molecule has 3 aromatic heterocycles. The summed E-state index contributed by atoms with van der Waals surface area (Å²) in [7, 11) is 0. The minimum absolute atomic E-state index is 0.0860. The monoisotopic (exact) mass is 393 g/mol. The maximum atomic E-state index is 12.6. The molecule has 0 saturated carbocycles. The summed E-state index contributed by atoms with van der Waals surface area (Å²) in [5.41, 5.74) is 2.76. The molecule has 1 aliphatic rings. The van der Waals surface area contributed by atoms with E-state index in [1.54, 1.807) is 11.3 Å². The van der Waals surface area contributed by atoms with Gasteiger partial charge in [0.2, 0.25) is 11.9 Å². The van der Waals surface area contributed by atoms with E-state index in [9.17, 15) is 9.59 Å². The number of carbonyl (C=O) groups excluding carboxylic acids is 1. The van der Waals surface area contributed by atoms with Crippen molar-refractivity contribution in [1.29, 1.82) is 0 Å². The number of benzene rings is 1. The number of aromatic nitrogens is 4. The summed E-state index contributed by atoms with van der Waals surface area (Å²) in [5.74, 6) is 0.803. The van der Waals surface area contributed by atoms with Gasteiger partial charge >= 0.3 is 0 Å². The molecule has 28 heavy (non-hydrogen) atoms. The summed E-state index contributed by atoms with van der Waals surface area (Å²) in [4.78, 5) is 41.8. The third-order valence-electron chi connectivity index (χ3n) is 5.11. The van der Waals surface area contributed by atoms with Gasteiger partial charge in [0.15, 0.2) is 0 Å². The number of hydrogen-bond donors (Lipinski definition) is 3. The van der Waals surface area contributed by atoms with Crippen LogP contribution in [-0.2, 0) is 24.1 Å². The maximum Gasteiger partial charge on any atom is 0.259 e. The second-order valence-corrected chi connectivity index (χ2v) is 8.14. The molecular weight excluding hydrogens is 374 g/mol. The Morgan fingerprint density at radius 1 is 1.14 bits per heavy atom. The zero-order valence-corrected chi connectivity index (χ0v) is 16.0. The predicted molar refractivity (Wildman–Crippen MR) is 110 cm³/mol. The van der Waals surface area contributed by atoms with Crippen LogP contribution >= 0.6 is 11.3 Å². The number of thiophene rings is 1. The number of aryl methyl sites for hydroxylation is 3. The van der Waals surface area contributed by atoms with Gasteiger partial charge in [0, 0.05) is 17.7 Å². The normalized spacial score (nSPS) is 13.7. The number of anilines is 1. The minimum atomic E-state index is -0.174. The largest absolute Gasteiger partial charge is 0.324 e. The molecule has 3 N–H and O–H groups in total. The zero-order chi connectivity index (χ0) is 19.1. The van der Waals surface area contributed by atoms with Gasteiger partial charge in [-0.15, -0.1) is 11.3 Å². The highest BCUT2D eigenvalue weighted by molar-refractivity contribution is 7.18. The average Bonchev–Trinajstić information content (AvgIpc) is 3.26. The van der Waals surface area contributed by atoms with Crippen LogP contribution in [0.1, 0.15) is 35.5 Å². The van der Waals surface area contributed by atoms with Crippen LogP contribution in [0.5, 0.6) is 0 Å². The Morgan fingerprint density at radius 2 is 2.00 bits per heavy atom. The van der Waals surface area contributed by atoms with Gasteiger partial charge < -0.3 is 9.97 Å². The molecule has 1 aromatic carbocycles. The Kier molecular flexibility index (Phi) is 4.20. The second-order valence-electron chi connectivity index (χ2n) is 7.05. The fraction of sp³-hybridized carbons (Fsp3) is 0.300. The molecule has 1 amide bonds. The summed E-state index contributed by atoms with van der Waals surface area (Å²) in [5, 5.41) is 3.52. The van der Waals surface area contributed by atoms with Gasteiger partial charge in [-0.05, 0) is 43.4 Å². The van der Waals surface area contributed by atoms with Crippen molar-refractivity contribution in [2.75, 3.05) is 5.32 Å². The third-order valence-corrected chi connectivity index (χ3v) is 6.30. The lowest BCUT2D eigenvalue weighted by atomic mass is 9.97. The molecule has 0 saturated heterocycles. The van der Waals surface area contributed by atoms with E-state index in [0.29, 0.717) is 18.2 Å². The van der Waals surface area contributed by atoms with E-state index in [1.165, 1.54) is 16.9 Å². The molecule has 5 rings (SSSR count). The van der Waals surface area contributed by atoms with Crippen molar-refractivity contribution in [3.05, 3.63) is 50.9 Å². The van der Waals surface area contributed by atoms with Crippen LogP contribution in [0.2, 0.25) is 0 Å². The molecule has 0 fully saturated rings. The van der Waals surface area contributed by atoms with Gasteiger partial charge in [-0.3, -0.25) is 14.9 Å². The third kappa shape index (κ3) is 3.09. The first-order chi connectivity index (χ1) is 13.7. The lowest BCUT2D eigenvalue weighted by molar-refractivity contribution is -0.116. The quantitative estimate of drug-likeness (QED) is 0.495. The SMILES string of the molecule is O=C(CCc1nc2sc3c(c2c(=O)[nH]1)CCCC3)Nc1nc2ccccc2[nH]1. The van der Waals surface area contributed by atoms with Crippen molar-refractivity contribution in [2.45, 2.75) is 38.5 Å². The number of amides is 1. The van der Waals surface area contributed by atoms with E-state index >= 15 is 0 Å². The van der Waals surface area contributed by atoms with Gasteiger partial charge in [0.05, 0.1) is 16.4 Å². The van der Waals surface area contributed by atoms with Crippen LogP contribution in [0, 0.1) is 0 Å². The highest BCUT2D eigenvalue weighted by atomic mass is 32.1. The number of rotatable bonds is 4. The first kappa shape index (κ1) is 17.1. The van der Waals surface area contributed by atoms with Gasteiger partial charge in [-0.2, -0.15) is 0 Å². The van der Waals surface area contributed by atoms with Crippen LogP contribution in [0.3, 0.4) is 0 Å². The van der Waals surface area contributed by atoms with Crippen molar-refractivity contribution in [3.8, 4) is 0 Å². The Bertz CT molecular complexity index is 1220. The van der Waals surface area contributed by atoms with Gasteiger partial charge in [0.1, 0.15) is 10.7 Å². The number of H-pyrrole nitrogens is 2. The Labute approximate surface area is 164 Å². The predicted octanol–water partition coefficient (Wildman–Crippen LogP) is 3.31. The number of fused-ring (bicyclic) bond motifs is 4. The lowest BCUT2D eigenvalue weighted by Crippen LogP contribution is -2.17. The van der Waals surface area contributed by atoms with Crippen LogP contribution in [0.25, 0.3) is 21.3 Å². The highest BCUT2D eigenvalue weighted by Crippen LogP contribution is 2.33. The molecule has 7 nitrogen and oxygen atoms in total. The topological polar surface area (TPSA) is 104 Å². The first-order valence-electron chi connectivity index (χ1n) is 9.45. The number of imidazole rings is 1. The molecule has 1 aliphatic carbocycles. The smallest absolute Gasteiger partial charge is 0.259 e. The minimum Gasteiger partial charge on any atom is -0.324 e. The molecule has 3 heterocycles. The van der Waals surface area contributed by atoms with Gasteiger partial charge in [-0.1, -0.05) is 12.1 Å². The lowest BCUT2D eigenvalue weighted by Gasteiger charge is -2.09. The first-order valence-corrected chi connectivity index (χ1v) is 10.3. The number of carbonyl (C=O) groups is 1. The number of hydrogen-bond acceptors (Lipinski definition) is 5. The molecule has 142 valence electrons. The molecule has 0 aliphatic heterocycles. The number of aromatic amines is 2. The molecule has 8 heteroatoms. The van der Waals surface area contributed by atoms with Gasteiger partial charge in [-0.25, -0.2) is 9.97 Å². The van der Waals surface area contributed by atoms with Crippen molar-refractivity contribution in [1.82, 2.24) is 19.9 Å². The molecule has 4 aromatic rings. The molecule has 0 bridgehead atoms. The standard InChI is InChI=1S/C20H19N5O2S/c26-16(25-20-21-12-6-2-3-7-13(12)22-20)10-9-15-23-18(27)17-11-5-1-4-8-14(11)28-19(17)24-15/h2-3,6-7H,1,4-5,8-10H2,(H,23,24,27)(H2,21,22,25,26). The van der Waals surface area contributed by atoms with Crippen LogP contribution in [0.4, 0.5) is 5.95 Å². The highest BCUT2D eigenvalue weighted by Gasteiger charge is 2.20. The Hall–Kier alpha value is -3.00. The van der Waals surface area contributed by atoms with E-state index in [2.05, 4.69) is 25.3 Å². The summed E-state index contributed by atoms with van der Waals surface area (Å²) in [6, 6.07) is 7.59. The van der Waals surface area contributed by atoms with Gasteiger partial charge in [0.25, 0.3) is 5.56 Å². The maximum absolute atomic E-state index is 12.6. The number of para-hydroxylation sites is 2. The molecule has 0 radical (unpaired) electrons. The second kappa shape index (κ2) is 6.87. The van der Waals surface area contributed by atoms with E-state index in [0.717, 1.165) is 40.5 Å². The summed E-state index contributed by atoms with van der Waals surface area (Å²) >= 11 is 1.62.